The normalized spacial score (nSPS) is 11.0. The molecule has 0 radical (unpaired) electrons. The molecule has 0 spiro atoms. The second-order valence-electron chi connectivity index (χ2n) is 5.12. The summed E-state index contributed by atoms with van der Waals surface area (Å²) in [4.78, 5) is 13.5. The van der Waals surface area contributed by atoms with Gasteiger partial charge < -0.3 is 5.32 Å². The lowest BCUT2D eigenvalue weighted by molar-refractivity contribution is 0.684. The third kappa shape index (κ3) is 3.04. The summed E-state index contributed by atoms with van der Waals surface area (Å²) >= 11 is 1.62. The highest BCUT2D eigenvalue weighted by Crippen LogP contribution is 2.24. The zero-order valence-corrected chi connectivity index (χ0v) is 13.1. The predicted octanol–water partition coefficient (Wildman–Crippen LogP) is 2.94. The Hall–Kier alpha value is -2.80. The Morgan fingerprint density at radius 1 is 1.00 bits per heavy atom. The average molecular weight is 322 g/mol. The Bertz CT molecular complexity index is 898. The minimum atomic E-state index is 0.728. The third-order valence-electron chi connectivity index (χ3n) is 3.56. The first kappa shape index (κ1) is 13.8. The Balaban J connectivity index is 1.44. The van der Waals surface area contributed by atoms with E-state index in [1.807, 2.05) is 11.4 Å². The van der Waals surface area contributed by atoms with Crippen LogP contribution in [0.1, 0.15) is 11.1 Å². The lowest BCUT2D eigenvalue weighted by Gasteiger charge is -2.07. The number of nitrogens with one attached hydrogen (secondary N) is 1. The van der Waals surface area contributed by atoms with E-state index >= 15 is 0 Å². The van der Waals surface area contributed by atoms with Gasteiger partial charge in [-0.05, 0) is 22.6 Å². The molecular weight excluding hydrogens is 308 g/mol. The Morgan fingerprint density at radius 2 is 1.87 bits per heavy atom. The minimum absolute atomic E-state index is 0.728. The molecule has 6 nitrogen and oxygen atoms in total. The molecule has 0 saturated heterocycles. The number of anilines is 1. The monoisotopic (exact) mass is 322 g/mol. The van der Waals surface area contributed by atoms with Crippen LogP contribution in [0.15, 0.2) is 54.7 Å². The molecule has 4 rings (SSSR count). The molecular formula is C16H14N6S. The van der Waals surface area contributed by atoms with Crippen LogP contribution in [0.2, 0.25) is 0 Å². The van der Waals surface area contributed by atoms with E-state index in [9.17, 15) is 0 Å². The van der Waals surface area contributed by atoms with E-state index in [2.05, 4.69) is 49.6 Å². The lowest BCUT2D eigenvalue weighted by atomic mass is 10.1. The molecule has 3 heterocycles. The molecule has 0 aliphatic rings. The zero-order valence-electron chi connectivity index (χ0n) is 12.3. The number of benzene rings is 1. The van der Waals surface area contributed by atoms with E-state index in [1.54, 1.807) is 35.0 Å². The fourth-order valence-electron chi connectivity index (χ4n) is 2.38. The van der Waals surface area contributed by atoms with Crippen molar-refractivity contribution in [3.05, 3.63) is 65.8 Å². The maximum atomic E-state index is 4.33. The standard InChI is InChI=1S/C16H14N6S/c1-3-13(8-22-11-17-9-21-22)4-2-12(1)7-18-15-14-5-6-23-16(14)20-10-19-15/h1-6,9-11H,7-8H2,(H,18,19,20). The van der Waals surface area contributed by atoms with Crippen molar-refractivity contribution >= 4 is 27.4 Å². The summed E-state index contributed by atoms with van der Waals surface area (Å²) in [5.74, 6) is 0.878. The van der Waals surface area contributed by atoms with Crippen molar-refractivity contribution in [3.63, 3.8) is 0 Å². The summed E-state index contributed by atoms with van der Waals surface area (Å²) in [5.41, 5.74) is 2.40. The highest BCUT2D eigenvalue weighted by molar-refractivity contribution is 7.16. The molecule has 1 N–H and O–H groups in total. The molecule has 1 aromatic carbocycles. The number of hydrogen-bond donors (Lipinski definition) is 1. The molecule has 0 unspecified atom stereocenters. The van der Waals surface area contributed by atoms with E-state index in [0.29, 0.717) is 0 Å². The maximum Gasteiger partial charge on any atom is 0.138 e. The molecule has 23 heavy (non-hydrogen) atoms. The molecule has 0 aliphatic carbocycles. The third-order valence-corrected chi connectivity index (χ3v) is 4.38. The zero-order chi connectivity index (χ0) is 15.5. The minimum Gasteiger partial charge on any atom is -0.365 e. The van der Waals surface area contributed by atoms with E-state index in [-0.39, 0.29) is 0 Å². The molecule has 0 aliphatic heterocycles. The Labute approximate surface area is 136 Å². The average Bonchev–Trinajstić information content (AvgIpc) is 3.25. The molecule has 4 aromatic rings. The van der Waals surface area contributed by atoms with Gasteiger partial charge in [-0.3, -0.25) is 0 Å². The Morgan fingerprint density at radius 3 is 2.70 bits per heavy atom. The smallest absolute Gasteiger partial charge is 0.138 e. The molecule has 3 aromatic heterocycles. The predicted molar refractivity (Wildman–Crippen MR) is 90.3 cm³/mol. The summed E-state index contributed by atoms with van der Waals surface area (Å²) in [6.07, 6.45) is 4.87. The second kappa shape index (κ2) is 6.13. The topological polar surface area (TPSA) is 68.5 Å². The van der Waals surface area contributed by atoms with Gasteiger partial charge in [-0.2, -0.15) is 5.10 Å². The van der Waals surface area contributed by atoms with E-state index in [0.717, 1.165) is 29.1 Å². The summed E-state index contributed by atoms with van der Waals surface area (Å²) in [7, 11) is 0. The van der Waals surface area contributed by atoms with Gasteiger partial charge in [0.25, 0.3) is 0 Å². The quantitative estimate of drug-likeness (QED) is 0.612. The number of fused-ring (bicyclic) bond motifs is 1. The van der Waals surface area contributed by atoms with Gasteiger partial charge in [-0.25, -0.2) is 19.6 Å². The van der Waals surface area contributed by atoms with E-state index in [1.165, 1.54) is 11.1 Å². The lowest BCUT2D eigenvalue weighted by Crippen LogP contribution is -2.03. The first-order valence-electron chi connectivity index (χ1n) is 7.21. The van der Waals surface area contributed by atoms with Crippen LogP contribution < -0.4 is 5.32 Å². The van der Waals surface area contributed by atoms with Crippen LogP contribution in [0.25, 0.3) is 10.2 Å². The van der Waals surface area contributed by atoms with Gasteiger partial charge in [0.15, 0.2) is 0 Å². The van der Waals surface area contributed by atoms with Crippen LogP contribution in [0.4, 0.5) is 5.82 Å². The molecule has 0 amide bonds. The number of aromatic nitrogens is 5. The number of hydrogen-bond acceptors (Lipinski definition) is 6. The van der Waals surface area contributed by atoms with Gasteiger partial charge in [-0.15, -0.1) is 11.3 Å². The highest BCUT2D eigenvalue weighted by Gasteiger charge is 2.04. The van der Waals surface area contributed by atoms with E-state index in [4.69, 9.17) is 0 Å². The van der Waals surface area contributed by atoms with Crippen LogP contribution >= 0.6 is 11.3 Å². The molecule has 114 valence electrons. The van der Waals surface area contributed by atoms with Crippen LogP contribution in [-0.4, -0.2) is 24.7 Å². The summed E-state index contributed by atoms with van der Waals surface area (Å²) in [6, 6.07) is 10.5. The van der Waals surface area contributed by atoms with Gasteiger partial charge in [0, 0.05) is 6.54 Å². The van der Waals surface area contributed by atoms with Crippen molar-refractivity contribution in [2.24, 2.45) is 0 Å². The van der Waals surface area contributed by atoms with Crippen molar-refractivity contribution in [2.75, 3.05) is 5.32 Å². The number of nitrogens with zero attached hydrogens (tertiary/aromatic N) is 5. The van der Waals surface area contributed by atoms with Gasteiger partial charge in [-0.1, -0.05) is 24.3 Å². The van der Waals surface area contributed by atoms with Crippen molar-refractivity contribution < 1.29 is 0 Å². The summed E-state index contributed by atoms with van der Waals surface area (Å²) in [5, 5.41) is 10.6. The van der Waals surface area contributed by atoms with Crippen molar-refractivity contribution in [1.82, 2.24) is 24.7 Å². The van der Waals surface area contributed by atoms with Gasteiger partial charge in [0.05, 0.1) is 11.9 Å². The summed E-state index contributed by atoms with van der Waals surface area (Å²) < 4.78 is 1.81. The van der Waals surface area contributed by atoms with Crippen molar-refractivity contribution in [3.8, 4) is 0 Å². The largest absolute Gasteiger partial charge is 0.365 e. The fraction of sp³-hybridized carbons (Fsp3) is 0.125. The molecule has 0 atom stereocenters. The van der Waals surface area contributed by atoms with Crippen LogP contribution in [0.3, 0.4) is 0 Å². The number of thiophene rings is 1. The first-order chi connectivity index (χ1) is 11.4. The number of rotatable bonds is 5. The molecule has 7 heteroatoms. The fourth-order valence-corrected chi connectivity index (χ4v) is 3.11. The van der Waals surface area contributed by atoms with Crippen molar-refractivity contribution in [2.45, 2.75) is 13.1 Å². The molecule has 0 bridgehead atoms. The first-order valence-corrected chi connectivity index (χ1v) is 8.09. The van der Waals surface area contributed by atoms with Crippen LogP contribution in [-0.2, 0) is 13.1 Å². The summed E-state index contributed by atoms with van der Waals surface area (Å²) in [6.45, 7) is 1.46. The highest BCUT2D eigenvalue weighted by atomic mass is 32.1. The van der Waals surface area contributed by atoms with E-state index < -0.39 is 0 Å². The van der Waals surface area contributed by atoms with Crippen LogP contribution in [0.5, 0.6) is 0 Å². The second-order valence-corrected chi connectivity index (χ2v) is 6.02. The van der Waals surface area contributed by atoms with Gasteiger partial charge in [0.1, 0.15) is 29.6 Å². The van der Waals surface area contributed by atoms with Crippen molar-refractivity contribution in [1.29, 1.82) is 0 Å². The van der Waals surface area contributed by atoms with Gasteiger partial charge in [0.2, 0.25) is 0 Å². The van der Waals surface area contributed by atoms with Crippen LogP contribution in [0, 0.1) is 0 Å². The molecule has 0 fully saturated rings. The van der Waals surface area contributed by atoms with Gasteiger partial charge >= 0.3 is 0 Å². The SMILES string of the molecule is c1nc(NCc2ccc(Cn3cncn3)cc2)c2ccsc2n1. The maximum absolute atomic E-state index is 4.33. The Kier molecular flexibility index (Phi) is 3.69. The molecule has 0 saturated carbocycles.